The Kier molecular flexibility index (Phi) is 8.56. The summed E-state index contributed by atoms with van der Waals surface area (Å²) < 4.78 is 13.8. The molecule has 1 unspecified atom stereocenters. The Labute approximate surface area is 145 Å². The number of carbonyl (C=O) groups is 1. The van der Waals surface area contributed by atoms with Crippen LogP contribution >= 0.6 is 12.4 Å². The lowest BCUT2D eigenvalue weighted by molar-refractivity contribution is -0.132. The molecule has 1 aromatic rings. The van der Waals surface area contributed by atoms with Gasteiger partial charge in [-0.15, -0.1) is 12.4 Å². The quantitative estimate of drug-likeness (QED) is 0.856. The third kappa shape index (κ3) is 5.78. The molecule has 0 aromatic heterocycles. The average Bonchev–Trinajstić information content (AvgIpc) is 2.53. The maximum absolute atomic E-state index is 13.8. The number of nitrogens with zero attached hydrogens (tertiary/aromatic N) is 1. The van der Waals surface area contributed by atoms with E-state index in [1.807, 2.05) is 17.9 Å². The summed E-state index contributed by atoms with van der Waals surface area (Å²) in [7, 11) is 0. The van der Waals surface area contributed by atoms with E-state index in [1.54, 1.807) is 12.1 Å². The van der Waals surface area contributed by atoms with Crippen LogP contribution in [0.4, 0.5) is 4.39 Å². The molecule has 130 valence electrons. The molecule has 0 saturated carbocycles. The highest BCUT2D eigenvalue weighted by molar-refractivity contribution is 5.85. The van der Waals surface area contributed by atoms with E-state index >= 15 is 0 Å². The first-order chi connectivity index (χ1) is 10.6. The first-order valence-electron chi connectivity index (χ1n) is 8.34. The minimum Gasteiger partial charge on any atom is -0.343 e. The second kappa shape index (κ2) is 9.89. The van der Waals surface area contributed by atoms with Gasteiger partial charge in [-0.25, -0.2) is 4.39 Å². The Balaban J connectivity index is 0.00000264. The fraction of sp³-hybridized carbons (Fsp3) is 0.611. The molecule has 1 amide bonds. The Hall–Kier alpha value is -1.13. The molecular weight excluding hydrogens is 315 g/mol. The summed E-state index contributed by atoms with van der Waals surface area (Å²) in [6.07, 6.45) is 2.51. The van der Waals surface area contributed by atoms with Crippen molar-refractivity contribution in [1.29, 1.82) is 0 Å². The van der Waals surface area contributed by atoms with Crippen molar-refractivity contribution >= 4 is 18.3 Å². The van der Waals surface area contributed by atoms with Crippen LogP contribution in [-0.4, -0.2) is 37.0 Å². The van der Waals surface area contributed by atoms with Crippen LogP contribution in [0.15, 0.2) is 24.3 Å². The van der Waals surface area contributed by atoms with Crippen LogP contribution in [0.25, 0.3) is 0 Å². The average molecular weight is 343 g/mol. The van der Waals surface area contributed by atoms with Crippen LogP contribution in [0.5, 0.6) is 0 Å². The number of nitrogens with one attached hydrogen (secondary N) is 1. The molecule has 5 heteroatoms. The maximum Gasteiger partial charge on any atom is 0.223 e. The van der Waals surface area contributed by atoms with E-state index in [4.69, 9.17) is 0 Å². The summed E-state index contributed by atoms with van der Waals surface area (Å²) in [6.45, 7) is 7.75. The third-order valence-electron chi connectivity index (χ3n) is 4.57. The van der Waals surface area contributed by atoms with Gasteiger partial charge in [0.15, 0.2) is 0 Å². The summed E-state index contributed by atoms with van der Waals surface area (Å²) in [5, 5.41) is 3.38. The van der Waals surface area contributed by atoms with Gasteiger partial charge in [0, 0.05) is 19.5 Å². The molecule has 2 rings (SSSR count). The van der Waals surface area contributed by atoms with E-state index in [2.05, 4.69) is 12.2 Å². The van der Waals surface area contributed by atoms with E-state index in [1.165, 1.54) is 6.07 Å². The number of likely N-dealkylation sites (tertiary alicyclic amines) is 1. The molecule has 23 heavy (non-hydrogen) atoms. The van der Waals surface area contributed by atoms with Crippen LogP contribution < -0.4 is 5.32 Å². The molecule has 1 aliphatic rings. The largest absolute Gasteiger partial charge is 0.343 e. The first-order valence-corrected chi connectivity index (χ1v) is 8.34. The fourth-order valence-corrected chi connectivity index (χ4v) is 3.11. The van der Waals surface area contributed by atoms with Gasteiger partial charge in [-0.05, 0) is 49.4 Å². The van der Waals surface area contributed by atoms with Gasteiger partial charge in [-0.1, -0.05) is 32.0 Å². The predicted molar refractivity (Wildman–Crippen MR) is 94.5 cm³/mol. The maximum atomic E-state index is 13.8. The number of amides is 1. The lowest BCUT2D eigenvalue weighted by atomic mass is 9.94. The second-order valence-corrected chi connectivity index (χ2v) is 6.26. The first kappa shape index (κ1) is 19.9. The number of rotatable bonds is 6. The van der Waals surface area contributed by atoms with Crippen LogP contribution in [0.2, 0.25) is 0 Å². The van der Waals surface area contributed by atoms with Gasteiger partial charge in [-0.2, -0.15) is 0 Å². The number of hydrogen-bond donors (Lipinski definition) is 1. The molecule has 0 spiro atoms. The smallest absolute Gasteiger partial charge is 0.223 e. The molecule has 1 fully saturated rings. The molecule has 1 saturated heterocycles. The van der Waals surface area contributed by atoms with Gasteiger partial charge in [0.05, 0.1) is 0 Å². The van der Waals surface area contributed by atoms with Gasteiger partial charge in [0.2, 0.25) is 5.91 Å². The van der Waals surface area contributed by atoms with Crippen LogP contribution in [0.3, 0.4) is 0 Å². The summed E-state index contributed by atoms with van der Waals surface area (Å²) in [5.41, 5.74) is 0.637. The van der Waals surface area contributed by atoms with Crippen molar-refractivity contribution in [1.82, 2.24) is 10.2 Å². The minimum atomic E-state index is -0.216. The summed E-state index contributed by atoms with van der Waals surface area (Å²) in [5.74, 6) is 0.533. The van der Waals surface area contributed by atoms with Crippen molar-refractivity contribution < 1.29 is 9.18 Å². The fourth-order valence-electron chi connectivity index (χ4n) is 3.11. The molecule has 1 heterocycles. The Morgan fingerprint density at radius 1 is 1.35 bits per heavy atom. The lowest BCUT2D eigenvalue weighted by Crippen LogP contribution is -2.41. The van der Waals surface area contributed by atoms with Crippen molar-refractivity contribution in [3.63, 3.8) is 0 Å². The Bertz CT molecular complexity index is 490. The van der Waals surface area contributed by atoms with E-state index in [-0.39, 0.29) is 30.0 Å². The number of hydrogen-bond acceptors (Lipinski definition) is 2. The van der Waals surface area contributed by atoms with Crippen molar-refractivity contribution in [3.8, 4) is 0 Å². The molecule has 3 nitrogen and oxygen atoms in total. The molecular formula is C18H28ClFN2O. The second-order valence-electron chi connectivity index (χ2n) is 6.26. The van der Waals surface area contributed by atoms with Crippen LogP contribution in [0.1, 0.15) is 44.6 Å². The highest BCUT2D eigenvalue weighted by Crippen LogP contribution is 2.24. The van der Waals surface area contributed by atoms with E-state index < -0.39 is 0 Å². The minimum absolute atomic E-state index is 0. The van der Waals surface area contributed by atoms with Crippen molar-refractivity contribution in [3.05, 3.63) is 35.6 Å². The standard InChI is InChI=1S/C18H27FN2O.ClH/c1-3-20-13-15-8-10-21(11-9-15)18(22)12-14(2)16-6-4-5-7-17(16)19;/h4-7,14-15,20H,3,8-13H2,1-2H3;1H. The van der Waals surface area contributed by atoms with E-state index in [0.29, 0.717) is 17.9 Å². The molecule has 1 aromatic carbocycles. The SMILES string of the molecule is CCNCC1CCN(C(=O)CC(C)c2ccccc2F)CC1.Cl. The van der Waals surface area contributed by atoms with Gasteiger partial charge < -0.3 is 10.2 Å². The number of halogens is 2. The van der Waals surface area contributed by atoms with Crippen LogP contribution in [0, 0.1) is 11.7 Å². The van der Waals surface area contributed by atoms with E-state index in [0.717, 1.165) is 39.0 Å². The van der Waals surface area contributed by atoms with Crippen molar-refractivity contribution in [2.45, 2.75) is 39.0 Å². The zero-order chi connectivity index (χ0) is 15.9. The molecule has 1 atom stereocenters. The predicted octanol–water partition coefficient (Wildman–Crippen LogP) is 3.59. The van der Waals surface area contributed by atoms with Crippen molar-refractivity contribution in [2.24, 2.45) is 5.92 Å². The number of carbonyl (C=O) groups excluding carboxylic acids is 1. The lowest BCUT2D eigenvalue weighted by Gasteiger charge is -2.32. The van der Waals surface area contributed by atoms with Crippen LogP contribution in [-0.2, 0) is 4.79 Å². The summed E-state index contributed by atoms with van der Waals surface area (Å²) in [6, 6.07) is 6.74. The van der Waals surface area contributed by atoms with Gasteiger partial charge in [-0.3, -0.25) is 4.79 Å². The zero-order valence-electron chi connectivity index (χ0n) is 14.1. The molecule has 1 N–H and O–H groups in total. The van der Waals surface area contributed by atoms with E-state index in [9.17, 15) is 9.18 Å². The molecule has 0 radical (unpaired) electrons. The third-order valence-corrected chi connectivity index (χ3v) is 4.57. The van der Waals surface area contributed by atoms with Crippen molar-refractivity contribution in [2.75, 3.05) is 26.2 Å². The molecule has 0 aliphatic carbocycles. The normalized spacial score (nSPS) is 16.7. The number of benzene rings is 1. The molecule has 1 aliphatic heterocycles. The monoisotopic (exact) mass is 342 g/mol. The topological polar surface area (TPSA) is 32.3 Å². The van der Waals surface area contributed by atoms with Gasteiger partial charge in [0.25, 0.3) is 0 Å². The molecule has 0 bridgehead atoms. The highest BCUT2D eigenvalue weighted by atomic mass is 35.5. The van der Waals surface area contributed by atoms with Gasteiger partial charge >= 0.3 is 0 Å². The van der Waals surface area contributed by atoms with Gasteiger partial charge in [0.1, 0.15) is 5.82 Å². The highest BCUT2D eigenvalue weighted by Gasteiger charge is 2.24. The Morgan fingerprint density at radius 3 is 2.61 bits per heavy atom. The Morgan fingerprint density at radius 2 is 2.00 bits per heavy atom. The zero-order valence-corrected chi connectivity index (χ0v) is 14.9. The summed E-state index contributed by atoms with van der Waals surface area (Å²) >= 11 is 0. The summed E-state index contributed by atoms with van der Waals surface area (Å²) in [4.78, 5) is 14.3. The number of piperidine rings is 1.